The number of benzene rings is 2. The van der Waals surface area contributed by atoms with Crippen LogP contribution in [-0.4, -0.2) is 32.2 Å². The van der Waals surface area contributed by atoms with Crippen LogP contribution in [0.3, 0.4) is 0 Å². The van der Waals surface area contributed by atoms with Gasteiger partial charge in [0, 0.05) is 13.1 Å². The summed E-state index contributed by atoms with van der Waals surface area (Å²) in [5.41, 5.74) is 1.84. The van der Waals surface area contributed by atoms with Gasteiger partial charge in [-0.05, 0) is 54.2 Å². The Morgan fingerprint density at radius 1 is 0.935 bits per heavy atom. The quantitative estimate of drug-likeness (QED) is 0.387. The Balaban J connectivity index is 2.39. The standard InChI is InChI=1S/C25H35NO4S/c1-6-8-20(3)25(9-7-2)31(27,28)26(18-21-10-14-23(29-4)15-11-21)19-22-12-16-24(30-5)17-13-22/h6,10-17,20,25H,1,7-9,18-19H2,2-5H3/t20-,25+/m1/s1. The van der Waals surface area contributed by atoms with Gasteiger partial charge in [-0.1, -0.05) is 50.6 Å². The Morgan fingerprint density at radius 2 is 1.39 bits per heavy atom. The van der Waals surface area contributed by atoms with Crippen molar-refractivity contribution in [1.82, 2.24) is 4.31 Å². The summed E-state index contributed by atoms with van der Waals surface area (Å²) in [6.07, 6.45) is 3.91. The van der Waals surface area contributed by atoms with Crippen LogP contribution in [0.25, 0.3) is 0 Å². The minimum absolute atomic E-state index is 0.00307. The van der Waals surface area contributed by atoms with Crippen LogP contribution in [-0.2, 0) is 23.1 Å². The zero-order valence-corrected chi connectivity index (χ0v) is 19.9. The third-order valence-corrected chi connectivity index (χ3v) is 7.97. The number of nitrogens with zero attached hydrogens (tertiary/aromatic N) is 1. The zero-order chi connectivity index (χ0) is 22.9. The third kappa shape index (κ3) is 6.84. The van der Waals surface area contributed by atoms with Gasteiger partial charge in [-0.25, -0.2) is 8.42 Å². The average molecular weight is 446 g/mol. The lowest BCUT2D eigenvalue weighted by Gasteiger charge is -2.31. The fourth-order valence-electron chi connectivity index (χ4n) is 3.72. The number of rotatable bonds is 13. The minimum Gasteiger partial charge on any atom is -0.497 e. The molecule has 31 heavy (non-hydrogen) atoms. The van der Waals surface area contributed by atoms with Gasteiger partial charge in [0.1, 0.15) is 11.5 Å². The van der Waals surface area contributed by atoms with Crippen molar-refractivity contribution in [2.45, 2.75) is 51.4 Å². The fraction of sp³-hybridized carbons (Fsp3) is 0.440. The molecule has 0 aliphatic carbocycles. The van der Waals surface area contributed by atoms with Crippen molar-refractivity contribution in [3.05, 3.63) is 72.3 Å². The largest absolute Gasteiger partial charge is 0.497 e. The van der Waals surface area contributed by atoms with E-state index in [1.54, 1.807) is 24.6 Å². The molecule has 0 heterocycles. The lowest BCUT2D eigenvalue weighted by Crippen LogP contribution is -2.41. The van der Waals surface area contributed by atoms with Gasteiger partial charge in [0.25, 0.3) is 0 Å². The molecule has 0 bridgehead atoms. The normalized spacial score (nSPS) is 13.6. The first-order valence-corrected chi connectivity index (χ1v) is 12.2. The highest BCUT2D eigenvalue weighted by molar-refractivity contribution is 7.89. The van der Waals surface area contributed by atoms with Crippen molar-refractivity contribution in [2.75, 3.05) is 14.2 Å². The van der Waals surface area contributed by atoms with Crippen molar-refractivity contribution >= 4 is 10.0 Å². The molecule has 0 fully saturated rings. The third-order valence-electron chi connectivity index (χ3n) is 5.52. The van der Waals surface area contributed by atoms with Gasteiger partial charge in [-0.15, -0.1) is 6.58 Å². The zero-order valence-electron chi connectivity index (χ0n) is 19.1. The highest BCUT2D eigenvalue weighted by Crippen LogP contribution is 2.28. The molecule has 2 rings (SSSR count). The summed E-state index contributed by atoms with van der Waals surface area (Å²) >= 11 is 0. The number of sulfonamides is 1. The molecule has 2 atom stereocenters. The predicted molar refractivity (Wildman–Crippen MR) is 127 cm³/mol. The summed E-state index contributed by atoms with van der Waals surface area (Å²) < 4.78 is 39.7. The van der Waals surface area contributed by atoms with E-state index in [0.717, 1.165) is 29.0 Å². The monoisotopic (exact) mass is 445 g/mol. The minimum atomic E-state index is -3.55. The van der Waals surface area contributed by atoms with Gasteiger partial charge in [0.05, 0.1) is 19.5 Å². The molecule has 170 valence electrons. The maximum Gasteiger partial charge on any atom is 0.217 e. The smallest absolute Gasteiger partial charge is 0.217 e. The Kier molecular flexibility index (Phi) is 9.59. The Bertz CT molecular complexity index is 858. The van der Waals surface area contributed by atoms with Crippen LogP contribution in [0.4, 0.5) is 0 Å². The molecule has 6 heteroatoms. The Morgan fingerprint density at radius 3 is 1.74 bits per heavy atom. The molecular formula is C25H35NO4S. The molecule has 0 saturated carbocycles. The van der Waals surface area contributed by atoms with E-state index >= 15 is 0 Å². The first kappa shape index (κ1) is 25.0. The molecule has 0 aromatic heterocycles. The highest BCUT2D eigenvalue weighted by Gasteiger charge is 2.35. The van der Waals surface area contributed by atoms with Crippen LogP contribution < -0.4 is 9.47 Å². The summed E-state index contributed by atoms with van der Waals surface area (Å²) in [5.74, 6) is 1.49. The van der Waals surface area contributed by atoms with E-state index in [1.807, 2.05) is 62.4 Å². The molecule has 0 amide bonds. The topological polar surface area (TPSA) is 55.8 Å². The van der Waals surface area contributed by atoms with E-state index in [2.05, 4.69) is 6.58 Å². The summed E-state index contributed by atoms with van der Waals surface area (Å²) in [4.78, 5) is 0. The van der Waals surface area contributed by atoms with E-state index < -0.39 is 15.3 Å². The van der Waals surface area contributed by atoms with E-state index in [-0.39, 0.29) is 5.92 Å². The van der Waals surface area contributed by atoms with E-state index in [0.29, 0.717) is 25.9 Å². The summed E-state index contributed by atoms with van der Waals surface area (Å²) in [6.45, 7) is 8.44. The maximum atomic E-state index is 13.8. The number of allylic oxidation sites excluding steroid dienone is 1. The van der Waals surface area contributed by atoms with Crippen LogP contribution in [0, 0.1) is 5.92 Å². The first-order valence-electron chi connectivity index (χ1n) is 10.7. The Labute approximate surface area is 187 Å². The molecule has 0 unspecified atom stereocenters. The predicted octanol–water partition coefficient (Wildman–Crippen LogP) is 5.42. The molecule has 0 aliphatic heterocycles. The van der Waals surface area contributed by atoms with Crippen LogP contribution >= 0.6 is 0 Å². The van der Waals surface area contributed by atoms with Crippen LogP contribution in [0.2, 0.25) is 0 Å². The molecule has 0 saturated heterocycles. The van der Waals surface area contributed by atoms with E-state index in [1.165, 1.54) is 0 Å². The highest BCUT2D eigenvalue weighted by atomic mass is 32.2. The second-order valence-corrected chi connectivity index (χ2v) is 9.99. The van der Waals surface area contributed by atoms with Crippen molar-refractivity contribution in [3.8, 4) is 11.5 Å². The van der Waals surface area contributed by atoms with Crippen molar-refractivity contribution < 1.29 is 17.9 Å². The van der Waals surface area contributed by atoms with Gasteiger partial charge in [0.15, 0.2) is 0 Å². The number of hydrogen-bond acceptors (Lipinski definition) is 4. The summed E-state index contributed by atoms with van der Waals surface area (Å²) in [5, 5.41) is -0.452. The van der Waals surface area contributed by atoms with Gasteiger partial charge in [-0.2, -0.15) is 4.31 Å². The van der Waals surface area contributed by atoms with Gasteiger partial charge < -0.3 is 9.47 Å². The van der Waals surface area contributed by atoms with Crippen LogP contribution in [0.15, 0.2) is 61.2 Å². The second-order valence-electron chi connectivity index (χ2n) is 7.84. The van der Waals surface area contributed by atoms with Crippen molar-refractivity contribution in [3.63, 3.8) is 0 Å². The van der Waals surface area contributed by atoms with Crippen LogP contribution in [0.1, 0.15) is 44.2 Å². The molecular weight excluding hydrogens is 410 g/mol. The molecule has 2 aromatic carbocycles. The number of methoxy groups -OCH3 is 2. The lowest BCUT2D eigenvalue weighted by molar-refractivity contribution is 0.373. The summed E-state index contributed by atoms with van der Waals surface area (Å²) in [7, 11) is -0.318. The molecule has 0 N–H and O–H groups in total. The molecule has 5 nitrogen and oxygen atoms in total. The number of ether oxygens (including phenoxy) is 2. The molecule has 0 aliphatic rings. The van der Waals surface area contributed by atoms with E-state index in [9.17, 15) is 8.42 Å². The van der Waals surface area contributed by atoms with Crippen LogP contribution in [0.5, 0.6) is 11.5 Å². The summed E-state index contributed by atoms with van der Waals surface area (Å²) in [6, 6.07) is 15.1. The van der Waals surface area contributed by atoms with Crippen molar-refractivity contribution in [2.24, 2.45) is 5.92 Å². The molecule has 0 radical (unpaired) electrons. The van der Waals surface area contributed by atoms with E-state index in [4.69, 9.17) is 9.47 Å². The van der Waals surface area contributed by atoms with Crippen molar-refractivity contribution in [1.29, 1.82) is 0 Å². The average Bonchev–Trinajstić information content (AvgIpc) is 2.78. The fourth-order valence-corrected chi connectivity index (χ4v) is 6.00. The maximum absolute atomic E-state index is 13.8. The first-order chi connectivity index (χ1) is 14.8. The van der Waals surface area contributed by atoms with Gasteiger partial charge in [0.2, 0.25) is 10.0 Å². The second kappa shape index (κ2) is 11.9. The molecule has 2 aromatic rings. The molecule has 0 spiro atoms. The Hall–Kier alpha value is -2.31. The van der Waals surface area contributed by atoms with Gasteiger partial charge in [-0.3, -0.25) is 0 Å². The SMILES string of the molecule is C=CC[C@@H](C)[C@H](CCC)S(=O)(=O)N(Cc1ccc(OC)cc1)Cc1ccc(OC)cc1. The lowest BCUT2D eigenvalue weighted by atomic mass is 10.0. The van der Waals surface area contributed by atoms with Gasteiger partial charge >= 0.3 is 0 Å². The number of hydrogen-bond donors (Lipinski definition) is 0.